The second-order valence-electron chi connectivity index (χ2n) is 4.80. The van der Waals surface area contributed by atoms with Gasteiger partial charge in [0.2, 0.25) is 0 Å². The van der Waals surface area contributed by atoms with E-state index in [2.05, 4.69) is 4.74 Å². The minimum absolute atomic E-state index is 0.209. The summed E-state index contributed by atoms with van der Waals surface area (Å²) in [5, 5.41) is 17.7. The zero-order chi connectivity index (χ0) is 18.5. The molecule has 0 aliphatic rings. The lowest BCUT2D eigenvalue weighted by molar-refractivity contribution is -0.143. The van der Waals surface area contributed by atoms with Gasteiger partial charge in [0, 0.05) is 12.0 Å². The highest BCUT2D eigenvalue weighted by atomic mass is 19.4. The molecule has 1 atom stereocenters. The van der Waals surface area contributed by atoms with Gasteiger partial charge in [0.05, 0.1) is 5.56 Å². The van der Waals surface area contributed by atoms with Crippen molar-refractivity contribution in [3.63, 3.8) is 0 Å². The molecule has 0 radical (unpaired) electrons. The Bertz CT molecular complexity index is 644. The molecule has 132 valence electrons. The van der Waals surface area contributed by atoms with E-state index in [4.69, 9.17) is 15.9 Å². The molecule has 24 heavy (non-hydrogen) atoms. The van der Waals surface area contributed by atoms with Gasteiger partial charge in [-0.1, -0.05) is 0 Å². The number of alkyl halides is 3. The summed E-state index contributed by atoms with van der Waals surface area (Å²) < 4.78 is 42.5. The monoisotopic (exact) mass is 349 g/mol. The Kier molecular flexibility index (Phi) is 6.29. The van der Waals surface area contributed by atoms with Crippen molar-refractivity contribution in [1.29, 1.82) is 0 Å². The molecule has 0 heterocycles. The number of ether oxygens (including phenoxy) is 1. The fourth-order valence-electron chi connectivity index (χ4n) is 1.63. The molecular weight excluding hydrogens is 335 g/mol. The summed E-state index contributed by atoms with van der Waals surface area (Å²) >= 11 is 0. The highest BCUT2D eigenvalue weighted by Crippen LogP contribution is 2.36. The second-order valence-corrected chi connectivity index (χ2v) is 4.80. The van der Waals surface area contributed by atoms with Crippen LogP contribution in [0, 0.1) is 0 Å². The number of carbonyl (C=O) groups excluding carboxylic acids is 2. The van der Waals surface area contributed by atoms with Gasteiger partial charge in [0.1, 0.15) is 11.8 Å². The van der Waals surface area contributed by atoms with Gasteiger partial charge in [-0.05, 0) is 24.6 Å². The van der Waals surface area contributed by atoms with Gasteiger partial charge >= 0.3 is 18.1 Å². The summed E-state index contributed by atoms with van der Waals surface area (Å²) in [4.78, 5) is 33.5. The van der Waals surface area contributed by atoms with Crippen LogP contribution in [-0.2, 0) is 20.5 Å². The van der Waals surface area contributed by atoms with Crippen molar-refractivity contribution < 1.29 is 42.5 Å². The largest absolute Gasteiger partial charge is 0.507 e. The van der Waals surface area contributed by atoms with Crippen molar-refractivity contribution in [2.45, 2.75) is 25.1 Å². The molecule has 1 rings (SSSR count). The van der Waals surface area contributed by atoms with Gasteiger partial charge in [0.15, 0.2) is 12.4 Å². The van der Waals surface area contributed by atoms with Crippen LogP contribution in [0.5, 0.6) is 5.75 Å². The number of hydrogen-bond acceptors (Lipinski definition) is 6. The summed E-state index contributed by atoms with van der Waals surface area (Å²) in [5.41, 5.74) is 3.40. The number of phenols is 1. The normalized spacial score (nSPS) is 12.5. The third kappa shape index (κ3) is 5.54. The van der Waals surface area contributed by atoms with Crippen molar-refractivity contribution in [1.82, 2.24) is 0 Å². The molecular formula is C14H14F3NO6. The lowest BCUT2D eigenvalue weighted by Gasteiger charge is -2.11. The van der Waals surface area contributed by atoms with Crippen LogP contribution in [0.3, 0.4) is 0 Å². The quantitative estimate of drug-likeness (QED) is 0.500. The van der Waals surface area contributed by atoms with Crippen LogP contribution >= 0.6 is 0 Å². The fourth-order valence-corrected chi connectivity index (χ4v) is 1.63. The van der Waals surface area contributed by atoms with Crippen LogP contribution in [0.2, 0.25) is 0 Å². The Labute approximate surface area is 133 Å². The first-order chi connectivity index (χ1) is 11.0. The molecule has 0 spiro atoms. The zero-order valence-corrected chi connectivity index (χ0v) is 12.2. The molecule has 0 fully saturated rings. The lowest BCUT2D eigenvalue weighted by Crippen LogP contribution is -2.30. The first kappa shape index (κ1) is 19.4. The molecule has 1 aromatic rings. The van der Waals surface area contributed by atoms with E-state index in [0.29, 0.717) is 12.1 Å². The molecule has 4 N–H and O–H groups in total. The Balaban J connectivity index is 2.63. The summed E-state index contributed by atoms with van der Waals surface area (Å²) in [6.07, 6.45) is -5.41. The molecule has 0 aromatic heterocycles. The van der Waals surface area contributed by atoms with Crippen LogP contribution in [0.1, 0.15) is 28.8 Å². The van der Waals surface area contributed by atoms with Crippen molar-refractivity contribution >= 4 is 17.7 Å². The first-order valence-electron chi connectivity index (χ1n) is 6.59. The van der Waals surface area contributed by atoms with Crippen LogP contribution in [-0.4, -0.2) is 40.6 Å². The van der Waals surface area contributed by atoms with Crippen LogP contribution in [0.15, 0.2) is 18.2 Å². The molecule has 10 heteroatoms. The number of carboxylic acids is 1. The van der Waals surface area contributed by atoms with E-state index in [1.165, 1.54) is 0 Å². The molecule has 0 bridgehead atoms. The highest BCUT2D eigenvalue weighted by molar-refractivity contribution is 5.98. The van der Waals surface area contributed by atoms with Gasteiger partial charge in [-0.2, -0.15) is 13.2 Å². The molecule has 1 unspecified atom stereocenters. The molecule has 0 amide bonds. The number of phenolic OH excluding ortho intramolecular Hbond substituents is 1. The van der Waals surface area contributed by atoms with Gasteiger partial charge in [-0.3, -0.25) is 14.4 Å². The molecule has 0 saturated heterocycles. The third-order valence-electron chi connectivity index (χ3n) is 2.96. The van der Waals surface area contributed by atoms with Gasteiger partial charge in [0.25, 0.3) is 0 Å². The van der Waals surface area contributed by atoms with Crippen LogP contribution in [0.25, 0.3) is 0 Å². The molecule has 0 aliphatic heterocycles. The first-order valence-corrected chi connectivity index (χ1v) is 6.59. The number of aliphatic carboxylic acids is 1. The number of ketones is 1. The summed E-state index contributed by atoms with van der Waals surface area (Å²) in [7, 11) is 0. The van der Waals surface area contributed by atoms with Gasteiger partial charge in [-0.25, -0.2) is 0 Å². The number of Topliss-reactive ketones (excluding diaryl/α,β-unsaturated/α-hetero) is 1. The average Bonchev–Trinajstić information content (AvgIpc) is 2.49. The van der Waals surface area contributed by atoms with E-state index in [9.17, 15) is 27.6 Å². The Morgan fingerprint density at radius 1 is 1.25 bits per heavy atom. The fraction of sp³-hybridized carbons (Fsp3) is 0.357. The maximum atomic E-state index is 12.6. The maximum Gasteiger partial charge on any atom is 0.419 e. The van der Waals surface area contributed by atoms with E-state index in [1.807, 2.05) is 0 Å². The molecule has 1 aromatic carbocycles. The smallest absolute Gasteiger partial charge is 0.419 e. The van der Waals surface area contributed by atoms with E-state index in [0.717, 1.165) is 6.07 Å². The third-order valence-corrected chi connectivity index (χ3v) is 2.96. The number of carbonyl (C=O) groups is 3. The maximum absolute atomic E-state index is 12.6. The Morgan fingerprint density at radius 3 is 2.42 bits per heavy atom. The second kappa shape index (κ2) is 7.77. The number of carboxylic acid groups (broad SMARTS) is 1. The van der Waals surface area contributed by atoms with Crippen molar-refractivity contribution in [3.05, 3.63) is 29.3 Å². The number of benzene rings is 1. The number of esters is 1. The van der Waals surface area contributed by atoms with E-state index < -0.39 is 53.4 Å². The van der Waals surface area contributed by atoms with Crippen molar-refractivity contribution in [3.8, 4) is 5.75 Å². The summed E-state index contributed by atoms with van der Waals surface area (Å²) in [6, 6.07) is 0.858. The average molecular weight is 349 g/mol. The standard InChI is InChI=1S/C14H14F3NO6/c15-14(16,17)8-5-7(1-3-10(8)19)11(20)6-24-12(21)4-2-9(18)13(22)23/h1,3,5,9,19H,2,4,6,18H2,(H,22,23). The predicted molar refractivity (Wildman–Crippen MR) is 73.2 cm³/mol. The summed E-state index contributed by atoms with van der Waals surface area (Å²) in [6.45, 7) is -0.816. The molecule has 0 aliphatic carbocycles. The van der Waals surface area contributed by atoms with E-state index in [-0.39, 0.29) is 12.8 Å². The predicted octanol–water partition coefficient (Wildman–Crippen LogP) is 1.33. The summed E-state index contributed by atoms with van der Waals surface area (Å²) in [5.74, 6) is -4.15. The van der Waals surface area contributed by atoms with Gasteiger partial charge < -0.3 is 20.7 Å². The van der Waals surface area contributed by atoms with Crippen LogP contribution in [0.4, 0.5) is 13.2 Å². The number of rotatable bonds is 7. The van der Waals surface area contributed by atoms with Crippen molar-refractivity contribution in [2.24, 2.45) is 5.73 Å². The number of aromatic hydroxyl groups is 1. The minimum Gasteiger partial charge on any atom is -0.507 e. The van der Waals surface area contributed by atoms with Crippen LogP contribution < -0.4 is 5.73 Å². The van der Waals surface area contributed by atoms with Gasteiger partial charge in [-0.15, -0.1) is 0 Å². The SMILES string of the molecule is NC(CCC(=O)OCC(=O)c1ccc(O)c(C(F)(F)F)c1)C(=O)O. The number of halogens is 3. The Hall–Kier alpha value is -2.62. The minimum atomic E-state index is -4.84. The number of hydrogen-bond donors (Lipinski definition) is 3. The highest BCUT2D eigenvalue weighted by Gasteiger charge is 2.34. The topological polar surface area (TPSA) is 127 Å². The zero-order valence-electron chi connectivity index (χ0n) is 12.2. The molecule has 0 saturated carbocycles. The van der Waals surface area contributed by atoms with E-state index in [1.54, 1.807) is 0 Å². The lowest BCUT2D eigenvalue weighted by atomic mass is 10.1. The van der Waals surface area contributed by atoms with Crippen molar-refractivity contribution in [2.75, 3.05) is 6.61 Å². The molecule has 7 nitrogen and oxygen atoms in total. The number of nitrogens with two attached hydrogens (primary N) is 1. The Morgan fingerprint density at radius 2 is 1.88 bits per heavy atom. The van der Waals surface area contributed by atoms with E-state index >= 15 is 0 Å².